The molecule has 0 radical (unpaired) electrons. The number of benzene rings is 9. The number of fused-ring (bicyclic) bond motifs is 3. The SMILES string of the molecule is Cc1cccc(-c2ccc3c(c2)c2cc(-c4cccc(C)c4)ccc2n3-c2c(-c3cccc(C(F)(F)F)c3)cc(-c3cc(-c4ccccc4)nc(-c4ccccc4)n3)cc2-c2cccc(C(F)(F)F)c2)c1. The molecule has 0 saturated carbocycles. The number of aromatic nitrogens is 3. The van der Waals surface area contributed by atoms with E-state index in [0.717, 1.165) is 79.5 Å². The highest BCUT2D eigenvalue weighted by Gasteiger charge is 2.33. The van der Waals surface area contributed by atoms with Crippen molar-refractivity contribution in [2.75, 3.05) is 0 Å². The van der Waals surface area contributed by atoms with Crippen molar-refractivity contribution in [3.05, 3.63) is 235 Å². The Balaban J connectivity index is 1.29. The Hall–Kier alpha value is -8.56. The van der Waals surface area contributed by atoms with Crippen LogP contribution in [0.3, 0.4) is 0 Å². The molecule has 71 heavy (non-hydrogen) atoms. The lowest BCUT2D eigenvalue weighted by molar-refractivity contribution is -0.138. The molecule has 0 spiro atoms. The lowest BCUT2D eigenvalue weighted by Crippen LogP contribution is -2.07. The zero-order valence-electron chi connectivity index (χ0n) is 38.3. The highest BCUT2D eigenvalue weighted by molar-refractivity contribution is 6.13. The molecule has 9 heteroatoms. The van der Waals surface area contributed by atoms with E-state index in [1.165, 1.54) is 12.1 Å². The van der Waals surface area contributed by atoms with Crippen molar-refractivity contribution in [1.82, 2.24) is 14.5 Å². The monoisotopic (exact) mass is 941 g/mol. The van der Waals surface area contributed by atoms with E-state index in [9.17, 15) is 26.3 Å². The average molecular weight is 942 g/mol. The van der Waals surface area contributed by atoms with Crippen LogP contribution in [0.5, 0.6) is 0 Å². The van der Waals surface area contributed by atoms with Gasteiger partial charge < -0.3 is 4.57 Å². The summed E-state index contributed by atoms with van der Waals surface area (Å²) in [5, 5.41) is 1.69. The fourth-order valence-corrected chi connectivity index (χ4v) is 9.53. The molecular weight excluding hydrogens is 901 g/mol. The Labute approximate surface area is 406 Å². The summed E-state index contributed by atoms with van der Waals surface area (Å²) < 4.78 is 90.8. The minimum Gasteiger partial charge on any atom is -0.308 e. The van der Waals surface area contributed by atoms with E-state index in [1.807, 2.05) is 146 Å². The molecule has 0 amide bonds. The zero-order valence-corrected chi connectivity index (χ0v) is 38.3. The summed E-state index contributed by atoms with van der Waals surface area (Å²) in [5.74, 6) is 0.392. The molecule has 2 aromatic heterocycles. The minimum absolute atomic E-state index is 0.202. The second-order valence-electron chi connectivity index (χ2n) is 17.8. The van der Waals surface area contributed by atoms with Crippen molar-refractivity contribution in [2.24, 2.45) is 0 Å². The number of aryl methyl sites for hydroxylation is 2. The molecule has 2 heterocycles. The van der Waals surface area contributed by atoms with Gasteiger partial charge in [0, 0.05) is 38.6 Å². The summed E-state index contributed by atoms with van der Waals surface area (Å²) in [6.07, 6.45) is -9.41. The van der Waals surface area contributed by atoms with Gasteiger partial charge in [0.1, 0.15) is 0 Å². The molecule has 0 N–H and O–H groups in total. The highest BCUT2D eigenvalue weighted by Crippen LogP contribution is 2.47. The smallest absolute Gasteiger partial charge is 0.308 e. The van der Waals surface area contributed by atoms with Gasteiger partial charge in [-0.25, -0.2) is 9.97 Å². The maximum Gasteiger partial charge on any atom is 0.416 e. The van der Waals surface area contributed by atoms with Gasteiger partial charge in [-0.3, -0.25) is 0 Å². The molecule has 0 fully saturated rings. The van der Waals surface area contributed by atoms with Crippen LogP contribution in [0.1, 0.15) is 22.3 Å². The van der Waals surface area contributed by atoms with Crippen molar-refractivity contribution in [3.63, 3.8) is 0 Å². The lowest BCUT2D eigenvalue weighted by atomic mass is 9.90. The fraction of sp³-hybridized carbons (Fsp3) is 0.0645. The van der Waals surface area contributed by atoms with Crippen LogP contribution in [-0.2, 0) is 12.4 Å². The third-order valence-electron chi connectivity index (χ3n) is 12.9. The Morgan fingerprint density at radius 2 is 0.746 bits per heavy atom. The van der Waals surface area contributed by atoms with E-state index in [4.69, 9.17) is 9.97 Å². The highest BCUT2D eigenvalue weighted by atomic mass is 19.4. The molecule has 11 rings (SSSR count). The quantitative estimate of drug-likeness (QED) is 0.142. The number of halogens is 6. The number of nitrogens with zero attached hydrogens (tertiary/aromatic N) is 3. The molecule has 0 aliphatic rings. The zero-order chi connectivity index (χ0) is 49.0. The number of alkyl halides is 6. The molecular formula is C62H41F6N3. The Morgan fingerprint density at radius 1 is 0.338 bits per heavy atom. The van der Waals surface area contributed by atoms with Crippen molar-refractivity contribution in [1.29, 1.82) is 0 Å². The summed E-state index contributed by atoms with van der Waals surface area (Å²) in [7, 11) is 0. The van der Waals surface area contributed by atoms with Crippen LogP contribution in [0.2, 0.25) is 0 Å². The van der Waals surface area contributed by atoms with Crippen LogP contribution < -0.4 is 0 Å². The van der Waals surface area contributed by atoms with Crippen LogP contribution in [0, 0.1) is 13.8 Å². The van der Waals surface area contributed by atoms with Crippen molar-refractivity contribution in [3.8, 4) is 84.1 Å². The van der Waals surface area contributed by atoms with Gasteiger partial charge in [-0.1, -0.05) is 157 Å². The van der Waals surface area contributed by atoms with Gasteiger partial charge in [-0.2, -0.15) is 26.3 Å². The third-order valence-corrected chi connectivity index (χ3v) is 12.9. The first-order valence-electron chi connectivity index (χ1n) is 23.0. The summed E-state index contributed by atoms with van der Waals surface area (Å²) in [6.45, 7) is 4.06. The van der Waals surface area contributed by atoms with E-state index in [-0.39, 0.29) is 11.1 Å². The second kappa shape index (κ2) is 17.8. The number of hydrogen-bond acceptors (Lipinski definition) is 2. The van der Waals surface area contributed by atoms with Crippen LogP contribution in [0.15, 0.2) is 212 Å². The lowest BCUT2D eigenvalue weighted by Gasteiger charge is -2.22. The molecule has 3 nitrogen and oxygen atoms in total. The Bertz CT molecular complexity index is 3580. The normalized spacial score (nSPS) is 11.9. The fourth-order valence-electron chi connectivity index (χ4n) is 9.53. The Morgan fingerprint density at radius 3 is 1.21 bits per heavy atom. The summed E-state index contributed by atoms with van der Waals surface area (Å²) in [5.41, 5.74) is 10.1. The van der Waals surface area contributed by atoms with Gasteiger partial charge >= 0.3 is 12.4 Å². The first-order chi connectivity index (χ1) is 34.2. The molecule has 0 bridgehead atoms. The van der Waals surface area contributed by atoms with Gasteiger partial charge in [0.05, 0.1) is 39.2 Å². The van der Waals surface area contributed by atoms with Gasteiger partial charge in [0.15, 0.2) is 5.82 Å². The van der Waals surface area contributed by atoms with Crippen molar-refractivity contribution in [2.45, 2.75) is 26.2 Å². The molecule has 0 saturated heterocycles. The molecule has 0 atom stereocenters. The number of hydrogen-bond donors (Lipinski definition) is 0. The van der Waals surface area contributed by atoms with Crippen molar-refractivity contribution >= 4 is 21.8 Å². The van der Waals surface area contributed by atoms with Crippen LogP contribution in [0.4, 0.5) is 26.3 Å². The minimum atomic E-state index is -4.70. The number of rotatable bonds is 8. The molecule has 0 unspecified atom stereocenters. The average Bonchev–Trinajstić information content (AvgIpc) is 3.71. The maximum absolute atomic E-state index is 14.8. The topological polar surface area (TPSA) is 30.7 Å². The predicted octanol–water partition coefficient (Wildman–Crippen LogP) is 17.9. The van der Waals surface area contributed by atoms with E-state index in [0.29, 0.717) is 50.6 Å². The van der Waals surface area contributed by atoms with Gasteiger partial charge in [-0.05, 0) is 114 Å². The van der Waals surface area contributed by atoms with Crippen LogP contribution >= 0.6 is 0 Å². The van der Waals surface area contributed by atoms with E-state index < -0.39 is 23.5 Å². The van der Waals surface area contributed by atoms with E-state index in [2.05, 4.69) is 24.3 Å². The van der Waals surface area contributed by atoms with E-state index >= 15 is 0 Å². The molecule has 11 aromatic rings. The van der Waals surface area contributed by atoms with Crippen LogP contribution in [-0.4, -0.2) is 14.5 Å². The Kier molecular flexibility index (Phi) is 11.2. The van der Waals surface area contributed by atoms with Gasteiger partial charge in [0.25, 0.3) is 0 Å². The first-order valence-corrected chi connectivity index (χ1v) is 23.0. The first kappa shape index (κ1) is 44.9. The maximum atomic E-state index is 14.8. The van der Waals surface area contributed by atoms with E-state index in [1.54, 1.807) is 24.3 Å². The van der Waals surface area contributed by atoms with Crippen molar-refractivity contribution < 1.29 is 26.3 Å². The van der Waals surface area contributed by atoms with Gasteiger partial charge in [-0.15, -0.1) is 0 Å². The molecule has 0 aliphatic heterocycles. The predicted molar refractivity (Wildman–Crippen MR) is 274 cm³/mol. The second-order valence-corrected chi connectivity index (χ2v) is 17.8. The molecule has 9 aromatic carbocycles. The standard InChI is InChI=1S/C62H41F6N3/c1-38-13-9-19-42(29-38)44-25-27-57-53(33-44)54-34-45(43-20-10-14-39(2)30-43)26-28-58(54)71(57)59-51(46-21-11-23-49(31-46)61(63,64)65)35-48(36-52(59)47-22-12-24-50(32-47)62(66,67)68)56-37-55(40-15-5-3-6-16-40)69-60(70-56)41-17-7-4-8-18-41/h3-37H,1-2H3. The van der Waals surface area contributed by atoms with Crippen LogP contribution in [0.25, 0.3) is 106 Å². The molecule has 0 aliphatic carbocycles. The third kappa shape index (κ3) is 8.76. The van der Waals surface area contributed by atoms with Gasteiger partial charge in [0.2, 0.25) is 0 Å². The summed E-state index contributed by atoms with van der Waals surface area (Å²) in [4.78, 5) is 10.1. The summed E-state index contributed by atoms with van der Waals surface area (Å²) >= 11 is 0. The largest absolute Gasteiger partial charge is 0.416 e. The summed E-state index contributed by atoms with van der Waals surface area (Å²) in [6, 6.07) is 63.1. The molecule has 346 valence electrons.